The first kappa shape index (κ1) is 19.1. The van der Waals surface area contributed by atoms with Crippen molar-refractivity contribution in [2.45, 2.75) is 31.5 Å². The Morgan fingerprint density at radius 3 is 2.04 bits per heavy atom. The van der Waals surface area contributed by atoms with Crippen LogP contribution in [0.3, 0.4) is 0 Å². The van der Waals surface area contributed by atoms with Gasteiger partial charge in [0.2, 0.25) is 0 Å². The van der Waals surface area contributed by atoms with Crippen molar-refractivity contribution in [3.05, 3.63) is 59.7 Å². The van der Waals surface area contributed by atoms with Gasteiger partial charge in [-0.25, -0.2) is 4.79 Å². The monoisotopic (exact) mass is 389 g/mol. The molecule has 0 spiro atoms. The largest absolute Gasteiger partial charge is 0.434 e. The highest BCUT2D eigenvalue weighted by Gasteiger charge is 2.60. The summed E-state index contributed by atoms with van der Waals surface area (Å²) in [7, 11) is 0. The average molecular weight is 389 g/mol. The molecule has 27 heavy (non-hydrogen) atoms. The topological polar surface area (TPSA) is 29.5 Å². The van der Waals surface area contributed by atoms with E-state index in [1.165, 1.54) is 0 Å². The van der Waals surface area contributed by atoms with Crippen molar-refractivity contribution in [1.29, 1.82) is 0 Å². The number of carbonyl (C=O) groups is 1. The number of nitrogens with zero attached hydrogens (tertiary/aromatic N) is 1. The number of amides is 1. The van der Waals surface area contributed by atoms with E-state index in [1.807, 2.05) is 30.3 Å². The van der Waals surface area contributed by atoms with Gasteiger partial charge in [-0.3, -0.25) is 4.90 Å². The lowest BCUT2D eigenvalue weighted by atomic mass is 10.0. The minimum absolute atomic E-state index is 0.119. The highest BCUT2D eigenvalue weighted by molar-refractivity contribution is 5.71. The zero-order valence-corrected chi connectivity index (χ0v) is 13.6. The van der Waals surface area contributed by atoms with E-state index < -0.39 is 24.5 Å². The summed E-state index contributed by atoms with van der Waals surface area (Å²) in [4.78, 5) is 12.7. The lowest BCUT2D eigenvalue weighted by molar-refractivity contribution is -0.308. The lowest BCUT2D eigenvalue weighted by Gasteiger charge is -2.25. The third-order valence-corrected chi connectivity index (χ3v) is 4.11. The van der Waals surface area contributed by atoms with E-state index in [1.54, 1.807) is 18.2 Å². The molecule has 2 aromatic carbocycles. The van der Waals surface area contributed by atoms with Crippen molar-refractivity contribution in [1.82, 2.24) is 4.90 Å². The zero-order valence-electron chi connectivity index (χ0n) is 13.6. The molecule has 0 fully saturated rings. The molecule has 0 bridgehead atoms. The molecule has 0 N–H and O–H groups in total. The summed E-state index contributed by atoms with van der Waals surface area (Å²) >= 11 is 0. The quantitative estimate of drug-likeness (QED) is 0.653. The molecule has 3 nitrogen and oxygen atoms in total. The molecule has 0 aliphatic carbocycles. The van der Waals surface area contributed by atoms with Gasteiger partial charge in [0.25, 0.3) is 6.10 Å². The second kappa shape index (κ2) is 6.79. The van der Waals surface area contributed by atoms with E-state index in [0.29, 0.717) is 11.1 Å². The van der Waals surface area contributed by atoms with Crippen LogP contribution in [0.5, 0.6) is 0 Å². The molecule has 1 aliphatic rings. The molecule has 1 heterocycles. The Balaban J connectivity index is 1.75. The van der Waals surface area contributed by atoms with Gasteiger partial charge in [-0.15, -0.1) is 0 Å². The molecule has 144 valence electrons. The van der Waals surface area contributed by atoms with Gasteiger partial charge in [0.15, 0.2) is 0 Å². The van der Waals surface area contributed by atoms with Crippen LogP contribution in [0, 0.1) is 0 Å². The van der Waals surface area contributed by atoms with E-state index in [-0.39, 0.29) is 13.1 Å². The minimum atomic E-state index is -5.74. The van der Waals surface area contributed by atoms with Crippen molar-refractivity contribution in [2.75, 3.05) is 0 Å². The van der Waals surface area contributed by atoms with Crippen LogP contribution < -0.4 is 0 Å². The van der Waals surface area contributed by atoms with Crippen LogP contribution in [0.4, 0.5) is 31.1 Å². The molecule has 0 saturated heterocycles. The molecule has 1 aliphatic heterocycles. The second-order valence-electron chi connectivity index (χ2n) is 6.05. The molecule has 3 rings (SSSR count). The van der Waals surface area contributed by atoms with Crippen molar-refractivity contribution in [2.24, 2.45) is 0 Å². The van der Waals surface area contributed by atoms with Gasteiger partial charge in [-0.2, -0.15) is 26.3 Å². The molecular weight excluding hydrogens is 376 g/mol. The van der Waals surface area contributed by atoms with Crippen LogP contribution in [0.2, 0.25) is 0 Å². The van der Waals surface area contributed by atoms with E-state index in [0.717, 1.165) is 16.0 Å². The van der Waals surface area contributed by atoms with Crippen LogP contribution in [0.1, 0.15) is 11.1 Å². The van der Waals surface area contributed by atoms with Crippen molar-refractivity contribution >= 4 is 6.09 Å². The summed E-state index contributed by atoms with van der Waals surface area (Å²) in [5.74, 6) is 0. The maximum atomic E-state index is 12.6. The van der Waals surface area contributed by atoms with Crippen LogP contribution in [-0.4, -0.2) is 29.4 Å². The Bertz CT molecular complexity index is 818. The summed E-state index contributed by atoms with van der Waals surface area (Å²) in [6, 6.07) is 14.4. The summed E-state index contributed by atoms with van der Waals surface area (Å²) in [5, 5.41) is 0. The van der Waals surface area contributed by atoms with Crippen LogP contribution in [-0.2, 0) is 17.8 Å². The van der Waals surface area contributed by atoms with Gasteiger partial charge < -0.3 is 4.74 Å². The number of carbonyl (C=O) groups excluding carboxylic acids is 1. The molecule has 1 amide bonds. The molecule has 0 unspecified atom stereocenters. The molecule has 0 saturated carbocycles. The summed E-state index contributed by atoms with van der Waals surface area (Å²) in [5.41, 5.74) is 3.01. The third kappa shape index (κ3) is 4.17. The fourth-order valence-electron chi connectivity index (χ4n) is 2.83. The summed E-state index contributed by atoms with van der Waals surface area (Å²) in [6.45, 7) is -0.247. The maximum absolute atomic E-state index is 12.6. The highest BCUT2D eigenvalue weighted by Crippen LogP contribution is 2.37. The number of alkyl halides is 6. The summed E-state index contributed by atoms with van der Waals surface area (Å²) in [6.07, 6.45) is -17.3. The first-order chi connectivity index (χ1) is 12.6. The van der Waals surface area contributed by atoms with Gasteiger partial charge in [0.05, 0.1) is 0 Å². The van der Waals surface area contributed by atoms with Gasteiger partial charge in [-0.1, -0.05) is 42.5 Å². The van der Waals surface area contributed by atoms with E-state index >= 15 is 0 Å². The number of hydrogen-bond donors (Lipinski definition) is 0. The first-order valence-corrected chi connectivity index (χ1v) is 7.82. The van der Waals surface area contributed by atoms with Crippen molar-refractivity contribution in [3.8, 4) is 11.1 Å². The van der Waals surface area contributed by atoms with Crippen molar-refractivity contribution < 1.29 is 35.9 Å². The normalized spacial score (nSPS) is 14.4. The Morgan fingerprint density at radius 1 is 0.852 bits per heavy atom. The minimum Gasteiger partial charge on any atom is -0.426 e. The van der Waals surface area contributed by atoms with E-state index in [9.17, 15) is 31.1 Å². The van der Waals surface area contributed by atoms with E-state index in [4.69, 9.17) is 0 Å². The Kier molecular flexibility index (Phi) is 4.79. The van der Waals surface area contributed by atoms with Gasteiger partial charge in [0, 0.05) is 13.1 Å². The number of benzene rings is 2. The Labute approximate surface area is 150 Å². The number of hydrogen-bond acceptors (Lipinski definition) is 2. The van der Waals surface area contributed by atoms with Crippen LogP contribution in [0.25, 0.3) is 11.1 Å². The second-order valence-corrected chi connectivity index (χ2v) is 6.05. The van der Waals surface area contributed by atoms with Gasteiger partial charge in [-0.05, 0) is 28.3 Å². The molecule has 0 radical (unpaired) electrons. The Morgan fingerprint density at radius 2 is 1.44 bits per heavy atom. The number of rotatable bonds is 2. The Hall–Kier alpha value is -2.71. The predicted octanol–water partition coefficient (Wildman–Crippen LogP) is 5.30. The zero-order chi connectivity index (χ0) is 19.8. The molecule has 0 atom stereocenters. The number of ether oxygens (including phenoxy) is 1. The SMILES string of the molecule is O=C(OC(C(F)(F)F)C(F)(F)F)N1Cc2ccc(-c3ccccc3)cc2C1. The maximum Gasteiger partial charge on any atom is 0.434 e. The third-order valence-electron chi connectivity index (χ3n) is 4.11. The predicted molar refractivity (Wildman–Crippen MR) is 83.5 cm³/mol. The first-order valence-electron chi connectivity index (χ1n) is 7.82. The smallest absolute Gasteiger partial charge is 0.426 e. The van der Waals surface area contributed by atoms with Crippen LogP contribution in [0.15, 0.2) is 48.5 Å². The molecule has 0 aromatic heterocycles. The number of fused-ring (bicyclic) bond motifs is 1. The highest BCUT2D eigenvalue weighted by atomic mass is 19.4. The van der Waals surface area contributed by atoms with Gasteiger partial charge in [0.1, 0.15) is 0 Å². The standard InChI is InChI=1S/C18H13F6NO2/c19-17(20,21)15(18(22,23)24)27-16(26)25-9-13-7-6-12(8-14(13)10-25)11-4-2-1-3-5-11/h1-8,15H,9-10H2. The van der Waals surface area contributed by atoms with Crippen molar-refractivity contribution in [3.63, 3.8) is 0 Å². The van der Waals surface area contributed by atoms with Gasteiger partial charge >= 0.3 is 18.4 Å². The molecule has 2 aromatic rings. The van der Waals surface area contributed by atoms with Crippen LogP contribution >= 0.6 is 0 Å². The fourth-order valence-corrected chi connectivity index (χ4v) is 2.83. The number of halogens is 6. The molecular formula is C18H13F6NO2. The lowest BCUT2D eigenvalue weighted by Crippen LogP contribution is -2.47. The molecule has 9 heteroatoms. The fraction of sp³-hybridized carbons (Fsp3) is 0.278. The average Bonchev–Trinajstić information content (AvgIpc) is 3.01. The van der Waals surface area contributed by atoms with E-state index in [2.05, 4.69) is 4.74 Å². The summed E-state index contributed by atoms with van der Waals surface area (Å²) < 4.78 is 79.1.